The molecule has 0 radical (unpaired) electrons. The van der Waals surface area contributed by atoms with Gasteiger partial charge in [0.25, 0.3) is 0 Å². The third-order valence-electron chi connectivity index (χ3n) is 3.40. The number of nitrogens with one attached hydrogen (secondary N) is 1. The van der Waals surface area contributed by atoms with E-state index in [0.29, 0.717) is 6.54 Å². The van der Waals surface area contributed by atoms with Crippen molar-refractivity contribution < 1.29 is 13.9 Å². The van der Waals surface area contributed by atoms with Gasteiger partial charge in [0.15, 0.2) is 11.5 Å². The van der Waals surface area contributed by atoms with Crippen LogP contribution < -0.4 is 14.8 Å². The summed E-state index contributed by atoms with van der Waals surface area (Å²) in [6.45, 7) is 2.99. The SMILES string of the molecule is C[C@H](NCc1ccc2c(c1)OCO2)c1cccc(F)c1. The largest absolute Gasteiger partial charge is 0.454 e. The molecule has 0 saturated heterocycles. The molecule has 1 aliphatic rings. The van der Waals surface area contributed by atoms with Gasteiger partial charge in [-0.25, -0.2) is 4.39 Å². The van der Waals surface area contributed by atoms with E-state index in [-0.39, 0.29) is 18.7 Å². The van der Waals surface area contributed by atoms with Crippen LogP contribution in [-0.4, -0.2) is 6.79 Å². The maximum absolute atomic E-state index is 13.2. The molecule has 0 spiro atoms. The van der Waals surface area contributed by atoms with Gasteiger partial charge >= 0.3 is 0 Å². The maximum atomic E-state index is 13.2. The number of benzene rings is 2. The Labute approximate surface area is 117 Å². The highest BCUT2D eigenvalue weighted by Gasteiger charge is 2.13. The normalized spacial score (nSPS) is 14.3. The summed E-state index contributed by atoms with van der Waals surface area (Å²) < 4.78 is 23.8. The third kappa shape index (κ3) is 2.75. The lowest BCUT2D eigenvalue weighted by Gasteiger charge is -2.14. The summed E-state index contributed by atoms with van der Waals surface area (Å²) in [5, 5.41) is 3.37. The molecule has 0 bridgehead atoms. The Hall–Kier alpha value is -2.07. The fourth-order valence-corrected chi connectivity index (χ4v) is 2.22. The lowest BCUT2D eigenvalue weighted by Crippen LogP contribution is -2.18. The quantitative estimate of drug-likeness (QED) is 0.926. The maximum Gasteiger partial charge on any atom is 0.231 e. The molecular formula is C16H16FNO2. The zero-order chi connectivity index (χ0) is 13.9. The molecule has 4 heteroatoms. The molecule has 1 N–H and O–H groups in total. The standard InChI is InChI=1S/C16H16FNO2/c1-11(13-3-2-4-14(17)8-13)18-9-12-5-6-15-16(7-12)20-10-19-15/h2-8,11,18H,9-10H2,1H3/t11-/m0/s1. The lowest BCUT2D eigenvalue weighted by atomic mass is 10.1. The fourth-order valence-electron chi connectivity index (χ4n) is 2.22. The van der Waals surface area contributed by atoms with Crippen LogP contribution in [0.4, 0.5) is 4.39 Å². The molecule has 20 heavy (non-hydrogen) atoms. The Morgan fingerprint density at radius 2 is 2.00 bits per heavy atom. The molecule has 0 unspecified atom stereocenters. The van der Waals surface area contributed by atoms with Crippen LogP contribution in [0.5, 0.6) is 11.5 Å². The monoisotopic (exact) mass is 273 g/mol. The minimum Gasteiger partial charge on any atom is -0.454 e. The van der Waals surface area contributed by atoms with Crippen LogP contribution >= 0.6 is 0 Å². The summed E-state index contributed by atoms with van der Waals surface area (Å²) in [4.78, 5) is 0. The third-order valence-corrected chi connectivity index (χ3v) is 3.40. The molecule has 2 aromatic rings. The molecule has 3 nitrogen and oxygen atoms in total. The predicted molar refractivity (Wildman–Crippen MR) is 74.2 cm³/mol. The van der Waals surface area contributed by atoms with Crippen molar-refractivity contribution in [3.05, 3.63) is 59.4 Å². The minimum atomic E-state index is -0.209. The molecular weight excluding hydrogens is 257 g/mol. The highest BCUT2D eigenvalue weighted by atomic mass is 19.1. The first kappa shape index (κ1) is 12.9. The second-order valence-electron chi connectivity index (χ2n) is 4.85. The minimum absolute atomic E-state index is 0.0797. The van der Waals surface area contributed by atoms with Crippen molar-refractivity contribution >= 4 is 0 Å². The number of halogens is 1. The Morgan fingerprint density at radius 3 is 2.85 bits per heavy atom. The van der Waals surface area contributed by atoms with Crippen LogP contribution in [0.2, 0.25) is 0 Å². The molecule has 1 aliphatic heterocycles. The van der Waals surface area contributed by atoms with E-state index in [9.17, 15) is 4.39 Å². The molecule has 0 amide bonds. The van der Waals surface area contributed by atoms with Crippen molar-refractivity contribution in [2.24, 2.45) is 0 Å². The van der Waals surface area contributed by atoms with E-state index in [4.69, 9.17) is 9.47 Å². The second kappa shape index (κ2) is 5.51. The van der Waals surface area contributed by atoms with Gasteiger partial charge in [-0.2, -0.15) is 0 Å². The number of rotatable bonds is 4. The number of ether oxygens (including phenoxy) is 2. The van der Waals surface area contributed by atoms with Gasteiger partial charge in [0, 0.05) is 12.6 Å². The lowest BCUT2D eigenvalue weighted by molar-refractivity contribution is 0.174. The first-order valence-corrected chi connectivity index (χ1v) is 6.60. The van der Waals surface area contributed by atoms with E-state index in [1.807, 2.05) is 31.2 Å². The van der Waals surface area contributed by atoms with Crippen molar-refractivity contribution in [3.8, 4) is 11.5 Å². The van der Waals surface area contributed by atoms with E-state index in [1.54, 1.807) is 12.1 Å². The molecule has 0 aliphatic carbocycles. The Kier molecular flexibility index (Phi) is 3.56. The average molecular weight is 273 g/mol. The smallest absolute Gasteiger partial charge is 0.231 e. The van der Waals surface area contributed by atoms with E-state index >= 15 is 0 Å². The molecule has 0 fully saturated rings. The van der Waals surface area contributed by atoms with Crippen molar-refractivity contribution in [3.63, 3.8) is 0 Å². The molecule has 2 aromatic carbocycles. The van der Waals surface area contributed by atoms with Crippen molar-refractivity contribution in [2.45, 2.75) is 19.5 Å². The summed E-state index contributed by atoms with van der Waals surface area (Å²) in [5.41, 5.74) is 2.04. The molecule has 3 rings (SSSR count). The van der Waals surface area contributed by atoms with E-state index < -0.39 is 0 Å². The zero-order valence-electron chi connectivity index (χ0n) is 11.2. The van der Waals surface area contributed by atoms with Crippen molar-refractivity contribution in [2.75, 3.05) is 6.79 Å². The second-order valence-corrected chi connectivity index (χ2v) is 4.85. The molecule has 0 saturated carbocycles. The van der Waals surface area contributed by atoms with Gasteiger partial charge < -0.3 is 14.8 Å². The predicted octanol–water partition coefficient (Wildman–Crippen LogP) is 3.41. The van der Waals surface area contributed by atoms with Gasteiger partial charge in [-0.15, -0.1) is 0 Å². The highest BCUT2D eigenvalue weighted by molar-refractivity contribution is 5.44. The first-order chi connectivity index (χ1) is 9.72. The summed E-state index contributed by atoms with van der Waals surface area (Å²) in [6.07, 6.45) is 0. The van der Waals surface area contributed by atoms with Crippen LogP contribution in [-0.2, 0) is 6.54 Å². The topological polar surface area (TPSA) is 30.5 Å². The Bertz CT molecular complexity index is 615. The van der Waals surface area contributed by atoms with Crippen LogP contribution in [0.15, 0.2) is 42.5 Å². The van der Waals surface area contributed by atoms with Crippen molar-refractivity contribution in [1.82, 2.24) is 5.32 Å². The van der Waals surface area contributed by atoms with Crippen molar-refractivity contribution in [1.29, 1.82) is 0 Å². The van der Waals surface area contributed by atoms with E-state index in [1.165, 1.54) is 6.07 Å². The number of hydrogen-bond acceptors (Lipinski definition) is 3. The first-order valence-electron chi connectivity index (χ1n) is 6.60. The summed E-state index contributed by atoms with van der Waals surface area (Å²) in [7, 11) is 0. The highest BCUT2D eigenvalue weighted by Crippen LogP contribution is 2.32. The Morgan fingerprint density at radius 1 is 1.15 bits per heavy atom. The van der Waals surface area contributed by atoms with Crippen LogP contribution in [0.25, 0.3) is 0 Å². The van der Waals surface area contributed by atoms with Gasteiger partial charge in [0.1, 0.15) is 5.82 Å². The summed E-state index contributed by atoms with van der Waals surface area (Å²) in [5.74, 6) is 1.36. The van der Waals surface area contributed by atoms with Crippen LogP contribution in [0.3, 0.4) is 0 Å². The van der Waals surface area contributed by atoms with Gasteiger partial charge in [-0.3, -0.25) is 0 Å². The molecule has 104 valence electrons. The number of hydrogen-bond donors (Lipinski definition) is 1. The van der Waals surface area contributed by atoms with Crippen LogP contribution in [0, 0.1) is 5.82 Å². The van der Waals surface area contributed by atoms with Crippen LogP contribution in [0.1, 0.15) is 24.1 Å². The number of fused-ring (bicyclic) bond motifs is 1. The molecule has 0 aromatic heterocycles. The molecule has 1 atom stereocenters. The fraction of sp³-hybridized carbons (Fsp3) is 0.250. The summed E-state index contributed by atoms with van der Waals surface area (Å²) in [6, 6.07) is 12.6. The van der Waals surface area contributed by atoms with Gasteiger partial charge in [0.2, 0.25) is 6.79 Å². The Balaban J connectivity index is 1.64. The van der Waals surface area contributed by atoms with Gasteiger partial charge in [-0.05, 0) is 42.3 Å². The summed E-state index contributed by atoms with van der Waals surface area (Å²) >= 11 is 0. The van der Waals surface area contributed by atoms with E-state index in [2.05, 4.69) is 5.32 Å². The zero-order valence-corrected chi connectivity index (χ0v) is 11.2. The van der Waals surface area contributed by atoms with Gasteiger partial charge in [0.05, 0.1) is 0 Å². The van der Waals surface area contributed by atoms with Gasteiger partial charge in [-0.1, -0.05) is 18.2 Å². The molecule has 1 heterocycles. The van der Waals surface area contributed by atoms with E-state index in [0.717, 1.165) is 22.6 Å². The average Bonchev–Trinajstić information content (AvgIpc) is 2.92.